The number of amides is 2. The predicted molar refractivity (Wildman–Crippen MR) is 78.9 cm³/mol. The van der Waals surface area contributed by atoms with Crippen molar-refractivity contribution in [3.8, 4) is 0 Å². The van der Waals surface area contributed by atoms with E-state index in [2.05, 4.69) is 15.7 Å². The molecule has 1 aromatic rings. The summed E-state index contributed by atoms with van der Waals surface area (Å²) >= 11 is 0. The normalized spacial score (nSPS) is 14.4. The molecule has 1 aliphatic rings. The first-order valence-corrected chi connectivity index (χ1v) is 6.68. The topological polar surface area (TPSA) is 83.0 Å². The second kappa shape index (κ2) is 7.39. The Balaban J connectivity index is 1.96. The van der Waals surface area contributed by atoms with E-state index in [-0.39, 0.29) is 24.2 Å². The van der Waals surface area contributed by atoms with Gasteiger partial charge in [0.25, 0.3) is 11.8 Å². The maximum Gasteiger partial charge on any atom is 0.288 e. The number of nitrogens with zero attached hydrogens (tertiary/aromatic N) is 2. The van der Waals surface area contributed by atoms with E-state index in [0.29, 0.717) is 18.8 Å². The Morgan fingerprint density at radius 1 is 1.43 bits per heavy atom. The van der Waals surface area contributed by atoms with E-state index < -0.39 is 0 Å². The van der Waals surface area contributed by atoms with Crippen molar-refractivity contribution in [1.82, 2.24) is 10.7 Å². The maximum atomic E-state index is 12.0. The zero-order valence-corrected chi connectivity index (χ0v) is 11.8. The number of aliphatic imine (C=N–C) groups is 1. The Kier molecular flexibility index (Phi) is 5.28. The number of hydrogen-bond acceptors (Lipinski definition) is 5. The van der Waals surface area contributed by atoms with E-state index in [0.717, 1.165) is 6.42 Å². The average Bonchev–Trinajstić information content (AvgIpc) is 2.52. The van der Waals surface area contributed by atoms with Crippen molar-refractivity contribution in [3.63, 3.8) is 0 Å². The van der Waals surface area contributed by atoms with Crippen LogP contribution >= 0.6 is 0 Å². The molecule has 2 rings (SSSR count). The summed E-state index contributed by atoms with van der Waals surface area (Å²) in [5.74, 6) is -0.410. The van der Waals surface area contributed by atoms with E-state index in [1.54, 1.807) is 19.2 Å². The van der Waals surface area contributed by atoms with Crippen molar-refractivity contribution in [2.24, 2.45) is 4.99 Å². The molecule has 0 spiro atoms. The van der Waals surface area contributed by atoms with Crippen LogP contribution in [0.2, 0.25) is 0 Å². The standard InChI is InChI=1S/C14H18N4O3/c1-21-9-5-8-15-14(20)13-16-10-12(19)18(17-13)11-6-3-2-4-7-11/h2-4,6-7H,5,8-10H2,1H3,(H,15,20)(H,16,17). The minimum Gasteiger partial charge on any atom is -0.385 e. The van der Waals surface area contributed by atoms with Gasteiger partial charge in [-0.2, -0.15) is 0 Å². The van der Waals surface area contributed by atoms with Crippen LogP contribution in [-0.4, -0.2) is 44.5 Å². The molecule has 0 atom stereocenters. The van der Waals surface area contributed by atoms with Crippen LogP contribution in [0.15, 0.2) is 35.3 Å². The molecular formula is C14H18N4O3. The molecule has 1 aromatic carbocycles. The summed E-state index contributed by atoms with van der Waals surface area (Å²) in [4.78, 5) is 27.8. The number of hydrogen-bond donors (Lipinski definition) is 2. The molecule has 0 bridgehead atoms. The summed E-state index contributed by atoms with van der Waals surface area (Å²) in [6, 6.07) is 9.06. The van der Waals surface area contributed by atoms with Crippen molar-refractivity contribution < 1.29 is 14.3 Å². The Hall–Kier alpha value is -2.41. The first kappa shape index (κ1) is 15.0. The van der Waals surface area contributed by atoms with Crippen LogP contribution in [0, 0.1) is 0 Å². The van der Waals surface area contributed by atoms with Crippen molar-refractivity contribution in [2.45, 2.75) is 6.42 Å². The first-order valence-electron chi connectivity index (χ1n) is 6.68. The monoisotopic (exact) mass is 290 g/mol. The number of para-hydroxylation sites is 1. The van der Waals surface area contributed by atoms with Crippen molar-refractivity contribution in [1.29, 1.82) is 0 Å². The van der Waals surface area contributed by atoms with Crippen LogP contribution in [-0.2, 0) is 14.3 Å². The number of anilines is 1. The number of ether oxygens (including phenoxy) is 1. The van der Waals surface area contributed by atoms with E-state index in [4.69, 9.17) is 4.74 Å². The largest absolute Gasteiger partial charge is 0.385 e. The van der Waals surface area contributed by atoms with Gasteiger partial charge >= 0.3 is 0 Å². The van der Waals surface area contributed by atoms with Crippen LogP contribution in [0.4, 0.5) is 5.69 Å². The van der Waals surface area contributed by atoms with E-state index in [1.807, 2.05) is 18.2 Å². The zero-order valence-electron chi connectivity index (χ0n) is 11.8. The fourth-order valence-electron chi connectivity index (χ4n) is 1.83. The zero-order chi connectivity index (χ0) is 15.1. The molecule has 0 aromatic heterocycles. The third kappa shape index (κ3) is 4.03. The number of carbonyl (C=O) groups is 2. The minimum atomic E-state index is -0.334. The first-order chi connectivity index (χ1) is 10.2. The summed E-state index contributed by atoms with van der Waals surface area (Å²) < 4.78 is 4.91. The van der Waals surface area contributed by atoms with E-state index in [1.165, 1.54) is 5.01 Å². The van der Waals surface area contributed by atoms with Gasteiger partial charge in [0, 0.05) is 20.3 Å². The maximum absolute atomic E-state index is 12.0. The molecule has 2 N–H and O–H groups in total. The van der Waals surface area contributed by atoms with Gasteiger partial charge in [-0.1, -0.05) is 18.2 Å². The number of benzene rings is 1. The van der Waals surface area contributed by atoms with Gasteiger partial charge in [-0.05, 0) is 18.6 Å². The van der Waals surface area contributed by atoms with E-state index in [9.17, 15) is 9.59 Å². The quantitative estimate of drug-likeness (QED) is 0.727. The van der Waals surface area contributed by atoms with E-state index >= 15 is 0 Å². The van der Waals surface area contributed by atoms with Gasteiger partial charge < -0.3 is 10.1 Å². The number of hydrazine groups is 1. The molecule has 7 heteroatoms. The van der Waals surface area contributed by atoms with Gasteiger partial charge in [0.15, 0.2) is 0 Å². The molecule has 7 nitrogen and oxygen atoms in total. The molecule has 0 saturated heterocycles. The summed E-state index contributed by atoms with van der Waals surface area (Å²) in [5.41, 5.74) is 3.42. The summed E-state index contributed by atoms with van der Waals surface area (Å²) in [5, 5.41) is 4.05. The molecule has 0 fully saturated rings. The molecule has 0 aliphatic carbocycles. The van der Waals surface area contributed by atoms with Crippen LogP contribution in [0.3, 0.4) is 0 Å². The Labute approximate surface area is 123 Å². The van der Waals surface area contributed by atoms with Gasteiger partial charge in [-0.3, -0.25) is 20.0 Å². The van der Waals surface area contributed by atoms with Crippen LogP contribution in [0.1, 0.15) is 6.42 Å². The minimum absolute atomic E-state index is 0.0529. The lowest BCUT2D eigenvalue weighted by molar-refractivity contribution is -0.118. The second-order valence-electron chi connectivity index (χ2n) is 4.44. The van der Waals surface area contributed by atoms with Gasteiger partial charge in [0.2, 0.25) is 5.84 Å². The van der Waals surface area contributed by atoms with Gasteiger partial charge in [-0.25, -0.2) is 5.01 Å². The van der Waals surface area contributed by atoms with Gasteiger partial charge in [0.05, 0.1) is 5.69 Å². The van der Waals surface area contributed by atoms with Crippen LogP contribution in [0.25, 0.3) is 0 Å². The lowest BCUT2D eigenvalue weighted by atomic mass is 10.3. The van der Waals surface area contributed by atoms with Crippen molar-refractivity contribution >= 4 is 23.3 Å². The number of nitrogens with one attached hydrogen (secondary N) is 2. The predicted octanol–water partition coefficient (Wildman–Crippen LogP) is 0.0890. The molecule has 1 aliphatic heterocycles. The highest BCUT2D eigenvalue weighted by Crippen LogP contribution is 2.12. The summed E-state index contributed by atoms with van der Waals surface area (Å²) in [6.07, 6.45) is 0.719. The highest BCUT2D eigenvalue weighted by Gasteiger charge is 2.25. The SMILES string of the molecule is COCCCNC(=O)C1=NCC(=O)N(c2ccccc2)N1. The molecule has 112 valence electrons. The number of rotatable bonds is 6. The lowest BCUT2D eigenvalue weighted by Crippen LogP contribution is -2.55. The molecule has 0 radical (unpaired) electrons. The molecular weight excluding hydrogens is 272 g/mol. The fourth-order valence-corrected chi connectivity index (χ4v) is 1.83. The van der Waals surface area contributed by atoms with Crippen LogP contribution < -0.4 is 15.8 Å². The molecule has 21 heavy (non-hydrogen) atoms. The van der Waals surface area contributed by atoms with Gasteiger partial charge in [0.1, 0.15) is 6.54 Å². The number of methoxy groups -OCH3 is 1. The van der Waals surface area contributed by atoms with Crippen molar-refractivity contribution in [3.05, 3.63) is 30.3 Å². The Morgan fingerprint density at radius 3 is 2.90 bits per heavy atom. The highest BCUT2D eigenvalue weighted by atomic mass is 16.5. The molecule has 2 amide bonds. The van der Waals surface area contributed by atoms with Gasteiger partial charge in [-0.15, -0.1) is 0 Å². The second-order valence-corrected chi connectivity index (χ2v) is 4.44. The lowest BCUT2D eigenvalue weighted by Gasteiger charge is -2.27. The number of carbonyl (C=O) groups excluding carboxylic acids is 2. The summed E-state index contributed by atoms with van der Waals surface area (Å²) in [6.45, 7) is 1.02. The summed E-state index contributed by atoms with van der Waals surface area (Å²) in [7, 11) is 1.61. The van der Waals surface area contributed by atoms with Crippen LogP contribution in [0.5, 0.6) is 0 Å². The number of amidine groups is 1. The smallest absolute Gasteiger partial charge is 0.288 e. The highest BCUT2D eigenvalue weighted by molar-refractivity contribution is 6.39. The Morgan fingerprint density at radius 2 is 2.19 bits per heavy atom. The molecule has 1 heterocycles. The Bertz CT molecular complexity index is 530. The average molecular weight is 290 g/mol. The molecule has 0 saturated carbocycles. The fraction of sp³-hybridized carbons (Fsp3) is 0.357. The molecule has 0 unspecified atom stereocenters. The van der Waals surface area contributed by atoms with Crippen molar-refractivity contribution in [2.75, 3.05) is 31.8 Å². The third-order valence-corrected chi connectivity index (χ3v) is 2.88. The third-order valence-electron chi connectivity index (χ3n) is 2.88.